The lowest BCUT2D eigenvalue weighted by Crippen LogP contribution is -2.31. The van der Waals surface area contributed by atoms with E-state index in [0.717, 1.165) is 17.0 Å². The Kier molecular flexibility index (Phi) is 5.16. The van der Waals surface area contributed by atoms with Crippen LogP contribution in [-0.4, -0.2) is 33.3 Å². The molecule has 1 heterocycles. The van der Waals surface area contributed by atoms with Crippen LogP contribution in [0.3, 0.4) is 0 Å². The van der Waals surface area contributed by atoms with E-state index in [9.17, 15) is 9.59 Å². The molecule has 122 valence electrons. The molecule has 0 aliphatic heterocycles. The van der Waals surface area contributed by atoms with Crippen molar-refractivity contribution in [3.8, 4) is 0 Å². The molecular formula is C17H21N3O3. The Hall–Kier alpha value is -2.63. The fourth-order valence-electron chi connectivity index (χ4n) is 2.25. The van der Waals surface area contributed by atoms with Crippen LogP contribution in [0.5, 0.6) is 0 Å². The Bertz CT molecular complexity index is 722. The lowest BCUT2D eigenvalue weighted by molar-refractivity contribution is -0.140. The van der Waals surface area contributed by atoms with Crippen molar-refractivity contribution in [2.75, 3.05) is 6.54 Å². The predicted molar refractivity (Wildman–Crippen MR) is 86.4 cm³/mol. The largest absolute Gasteiger partial charge is 0.481 e. The van der Waals surface area contributed by atoms with E-state index in [1.165, 1.54) is 0 Å². The van der Waals surface area contributed by atoms with Crippen LogP contribution >= 0.6 is 0 Å². The summed E-state index contributed by atoms with van der Waals surface area (Å²) in [4.78, 5) is 22.9. The number of benzene rings is 1. The Morgan fingerprint density at radius 2 is 2.04 bits per heavy atom. The van der Waals surface area contributed by atoms with Crippen molar-refractivity contribution in [2.24, 2.45) is 5.92 Å². The highest BCUT2D eigenvalue weighted by atomic mass is 16.4. The molecule has 1 aromatic heterocycles. The third kappa shape index (κ3) is 4.42. The summed E-state index contributed by atoms with van der Waals surface area (Å²) in [5, 5.41) is 15.9. The van der Waals surface area contributed by atoms with Crippen LogP contribution in [0.15, 0.2) is 30.3 Å². The Balaban J connectivity index is 2.06. The van der Waals surface area contributed by atoms with Gasteiger partial charge in [0.15, 0.2) is 0 Å². The average molecular weight is 315 g/mol. The predicted octanol–water partition coefficient (Wildman–Crippen LogP) is 2.00. The van der Waals surface area contributed by atoms with Gasteiger partial charge in [0.1, 0.15) is 0 Å². The van der Waals surface area contributed by atoms with Crippen molar-refractivity contribution in [3.63, 3.8) is 0 Å². The molecule has 2 N–H and O–H groups in total. The molecule has 0 aliphatic rings. The van der Waals surface area contributed by atoms with Crippen LogP contribution < -0.4 is 5.32 Å². The van der Waals surface area contributed by atoms with Gasteiger partial charge in [-0.05, 0) is 37.6 Å². The molecular weight excluding hydrogens is 294 g/mol. The quantitative estimate of drug-likeness (QED) is 0.854. The average Bonchev–Trinajstić information content (AvgIpc) is 2.82. The first kappa shape index (κ1) is 16.7. The van der Waals surface area contributed by atoms with Gasteiger partial charge in [-0.2, -0.15) is 5.10 Å². The van der Waals surface area contributed by atoms with Gasteiger partial charge in [0.25, 0.3) is 5.91 Å². The van der Waals surface area contributed by atoms with Crippen LogP contribution in [-0.2, 0) is 11.3 Å². The molecule has 0 saturated heterocycles. The third-order valence-electron chi connectivity index (χ3n) is 3.62. The van der Waals surface area contributed by atoms with E-state index in [1.54, 1.807) is 19.1 Å². The molecule has 6 heteroatoms. The molecule has 0 radical (unpaired) electrons. The fraction of sp³-hybridized carbons (Fsp3) is 0.353. The minimum atomic E-state index is -0.927. The van der Waals surface area contributed by atoms with Gasteiger partial charge in [0.05, 0.1) is 18.2 Å². The second-order valence-corrected chi connectivity index (χ2v) is 5.73. The first-order valence-corrected chi connectivity index (χ1v) is 7.48. The number of carbonyl (C=O) groups excluding carboxylic acids is 1. The van der Waals surface area contributed by atoms with Gasteiger partial charge in [-0.3, -0.25) is 14.3 Å². The van der Waals surface area contributed by atoms with Crippen molar-refractivity contribution >= 4 is 11.9 Å². The molecule has 1 amide bonds. The van der Waals surface area contributed by atoms with Crippen molar-refractivity contribution < 1.29 is 14.7 Å². The van der Waals surface area contributed by atoms with Crippen LogP contribution in [0.25, 0.3) is 0 Å². The van der Waals surface area contributed by atoms with Crippen LogP contribution in [0.2, 0.25) is 0 Å². The van der Waals surface area contributed by atoms with Gasteiger partial charge < -0.3 is 10.4 Å². The maximum atomic E-state index is 12.1. The molecule has 0 bridgehead atoms. The normalized spacial score (nSPS) is 12.0. The molecule has 0 fully saturated rings. The van der Waals surface area contributed by atoms with Crippen molar-refractivity contribution in [1.29, 1.82) is 0 Å². The second kappa shape index (κ2) is 7.09. The molecule has 23 heavy (non-hydrogen) atoms. The zero-order chi connectivity index (χ0) is 17.0. The zero-order valence-electron chi connectivity index (χ0n) is 13.5. The number of carboxylic acid groups (broad SMARTS) is 1. The van der Waals surface area contributed by atoms with E-state index in [-0.39, 0.29) is 12.5 Å². The van der Waals surface area contributed by atoms with E-state index in [1.807, 2.05) is 36.7 Å². The van der Waals surface area contributed by atoms with Crippen molar-refractivity contribution in [3.05, 3.63) is 52.8 Å². The standard InChI is InChI=1S/C17H21N3O3/c1-11(17(22)23)9-18-16(21)15-6-4-5-14(8-15)10-20-13(3)7-12(2)19-20/h4-8,11H,9-10H2,1-3H3,(H,18,21)(H,22,23). The smallest absolute Gasteiger partial charge is 0.308 e. The van der Waals surface area contributed by atoms with E-state index < -0.39 is 11.9 Å². The van der Waals surface area contributed by atoms with E-state index in [2.05, 4.69) is 10.4 Å². The highest BCUT2D eigenvalue weighted by molar-refractivity contribution is 5.94. The number of nitrogens with zero attached hydrogens (tertiary/aromatic N) is 2. The topological polar surface area (TPSA) is 84.2 Å². The maximum Gasteiger partial charge on any atom is 0.308 e. The summed E-state index contributed by atoms with van der Waals surface area (Å²) in [6.07, 6.45) is 0. The molecule has 6 nitrogen and oxygen atoms in total. The highest BCUT2D eigenvalue weighted by Gasteiger charge is 2.13. The minimum Gasteiger partial charge on any atom is -0.481 e. The van der Waals surface area contributed by atoms with Gasteiger partial charge >= 0.3 is 5.97 Å². The lowest BCUT2D eigenvalue weighted by Gasteiger charge is -2.10. The van der Waals surface area contributed by atoms with Gasteiger partial charge in [0.2, 0.25) is 0 Å². The van der Waals surface area contributed by atoms with E-state index in [4.69, 9.17) is 5.11 Å². The summed E-state index contributed by atoms with van der Waals surface area (Å²) in [7, 11) is 0. The van der Waals surface area contributed by atoms with Gasteiger partial charge in [-0.1, -0.05) is 19.1 Å². The number of aromatic nitrogens is 2. The molecule has 0 spiro atoms. The summed E-state index contributed by atoms with van der Waals surface area (Å²) < 4.78 is 1.89. The number of aryl methyl sites for hydroxylation is 2. The number of nitrogens with one attached hydrogen (secondary N) is 1. The summed E-state index contributed by atoms with van der Waals surface area (Å²) in [5.41, 5.74) is 3.50. The Labute approximate surface area is 135 Å². The second-order valence-electron chi connectivity index (χ2n) is 5.73. The number of aliphatic carboxylic acids is 1. The molecule has 1 atom stereocenters. The first-order chi connectivity index (χ1) is 10.9. The fourth-order valence-corrected chi connectivity index (χ4v) is 2.25. The number of carboxylic acids is 1. The SMILES string of the molecule is Cc1cc(C)n(Cc2cccc(C(=O)NCC(C)C(=O)O)c2)n1. The summed E-state index contributed by atoms with van der Waals surface area (Å²) in [6.45, 7) is 6.19. The van der Waals surface area contributed by atoms with Gasteiger partial charge in [-0.25, -0.2) is 0 Å². The first-order valence-electron chi connectivity index (χ1n) is 7.48. The number of rotatable bonds is 6. The number of hydrogen-bond donors (Lipinski definition) is 2. The van der Waals surface area contributed by atoms with Crippen molar-refractivity contribution in [2.45, 2.75) is 27.3 Å². The Morgan fingerprint density at radius 1 is 1.30 bits per heavy atom. The number of carbonyl (C=O) groups is 2. The highest BCUT2D eigenvalue weighted by Crippen LogP contribution is 2.10. The summed E-state index contributed by atoms with van der Waals surface area (Å²) in [6, 6.07) is 9.27. The van der Waals surface area contributed by atoms with E-state index >= 15 is 0 Å². The van der Waals surface area contributed by atoms with Gasteiger partial charge in [0, 0.05) is 17.8 Å². The maximum absolute atomic E-state index is 12.1. The molecule has 2 rings (SSSR count). The lowest BCUT2D eigenvalue weighted by atomic mass is 10.1. The van der Waals surface area contributed by atoms with Crippen LogP contribution in [0.4, 0.5) is 0 Å². The minimum absolute atomic E-state index is 0.107. The molecule has 0 aliphatic carbocycles. The molecule has 1 aromatic carbocycles. The van der Waals surface area contributed by atoms with E-state index in [0.29, 0.717) is 12.1 Å². The number of hydrogen-bond acceptors (Lipinski definition) is 3. The molecule has 2 aromatic rings. The van der Waals surface area contributed by atoms with Crippen LogP contribution in [0.1, 0.15) is 34.2 Å². The van der Waals surface area contributed by atoms with Crippen molar-refractivity contribution in [1.82, 2.24) is 15.1 Å². The van der Waals surface area contributed by atoms with Gasteiger partial charge in [-0.15, -0.1) is 0 Å². The third-order valence-corrected chi connectivity index (χ3v) is 3.62. The molecule has 1 unspecified atom stereocenters. The summed E-state index contributed by atoms with van der Waals surface area (Å²) in [5.74, 6) is -1.81. The number of amides is 1. The summed E-state index contributed by atoms with van der Waals surface area (Å²) >= 11 is 0. The molecule has 0 saturated carbocycles. The van der Waals surface area contributed by atoms with Crippen LogP contribution in [0, 0.1) is 19.8 Å². The Morgan fingerprint density at radius 3 is 2.65 bits per heavy atom. The zero-order valence-corrected chi connectivity index (χ0v) is 13.5. The monoisotopic (exact) mass is 315 g/mol.